The van der Waals surface area contributed by atoms with Gasteiger partial charge in [-0.1, -0.05) is 18.2 Å². The van der Waals surface area contributed by atoms with Crippen LogP contribution in [0.15, 0.2) is 90.1 Å². The summed E-state index contributed by atoms with van der Waals surface area (Å²) in [6.07, 6.45) is 6.58. The first-order valence-corrected chi connectivity index (χ1v) is 15.4. The number of nitrogens with zero attached hydrogens (tertiary/aromatic N) is 2. The summed E-state index contributed by atoms with van der Waals surface area (Å²) in [4.78, 5) is 31.5. The number of rotatable bonds is 9. The molecule has 11 heteroatoms. The zero-order valence-corrected chi connectivity index (χ0v) is 26.5. The largest absolute Gasteiger partial charge is 0.508 e. The first kappa shape index (κ1) is 32.3. The van der Waals surface area contributed by atoms with Crippen LogP contribution in [0, 0.1) is 11.7 Å². The van der Waals surface area contributed by atoms with Gasteiger partial charge in [0.05, 0.1) is 14.2 Å². The second kappa shape index (κ2) is 14.0. The fraction of sp³-hybridized carbons (Fsp3) is 0.216. The van der Waals surface area contributed by atoms with Crippen LogP contribution in [0.25, 0.3) is 33.4 Å². The van der Waals surface area contributed by atoms with Gasteiger partial charge in [-0.25, -0.2) is 9.37 Å². The summed E-state index contributed by atoms with van der Waals surface area (Å²) in [5.41, 5.74) is 8.65. The standard InChI is InChI=1S/C37H35FN4O6/c1-46-33-10-5-24(16-34(33)47-2)25-15-29(36(39)40-18-25)28-9-6-26(17-32(28)38)41-37(45)31-21-42(19-22-11-13-48-14-12-22)20-30(35(31)44)23-3-7-27(43)8-4-23/h3-10,15-18,20-22,43H,11-14,19H2,1-2H3,(H2,39,40)(H,41,45). The predicted octanol–water partition coefficient (Wildman–Crippen LogP) is 6.37. The highest BCUT2D eigenvalue weighted by molar-refractivity contribution is 6.04. The molecule has 0 saturated carbocycles. The van der Waals surface area contributed by atoms with E-state index in [1.807, 2.05) is 10.6 Å². The van der Waals surface area contributed by atoms with E-state index in [2.05, 4.69) is 10.3 Å². The number of benzene rings is 3. The topological polar surface area (TPSA) is 138 Å². The molecular weight excluding hydrogens is 615 g/mol. The Balaban J connectivity index is 1.29. The van der Waals surface area contributed by atoms with Gasteiger partial charge in [-0.05, 0) is 78.4 Å². The zero-order valence-electron chi connectivity index (χ0n) is 26.5. The van der Waals surface area contributed by atoms with Gasteiger partial charge in [0, 0.05) is 66.3 Å². The first-order chi connectivity index (χ1) is 23.2. The second-order valence-electron chi connectivity index (χ2n) is 11.6. The lowest BCUT2D eigenvalue weighted by Gasteiger charge is -2.23. The summed E-state index contributed by atoms with van der Waals surface area (Å²) in [6.45, 7) is 1.91. The molecule has 0 atom stereocenters. The third-order valence-electron chi connectivity index (χ3n) is 8.46. The van der Waals surface area contributed by atoms with Crippen LogP contribution in [-0.2, 0) is 11.3 Å². The number of hydrogen-bond donors (Lipinski definition) is 3. The summed E-state index contributed by atoms with van der Waals surface area (Å²) < 4.78 is 33.7. The van der Waals surface area contributed by atoms with Gasteiger partial charge in [0.1, 0.15) is 22.9 Å². The molecule has 2 aromatic heterocycles. The Bertz CT molecular complexity index is 2020. The Morgan fingerprint density at radius 1 is 0.938 bits per heavy atom. The molecule has 3 heterocycles. The third-order valence-corrected chi connectivity index (χ3v) is 8.46. The molecule has 5 aromatic rings. The molecule has 0 unspecified atom stereocenters. The van der Waals surface area contributed by atoms with Crippen molar-refractivity contribution >= 4 is 17.4 Å². The number of anilines is 2. The van der Waals surface area contributed by atoms with Crippen molar-refractivity contribution in [1.82, 2.24) is 9.55 Å². The van der Waals surface area contributed by atoms with E-state index in [9.17, 15) is 14.7 Å². The molecule has 6 rings (SSSR count). The van der Waals surface area contributed by atoms with E-state index in [0.717, 1.165) is 18.4 Å². The number of pyridine rings is 2. The number of ether oxygens (including phenoxy) is 3. The predicted molar refractivity (Wildman–Crippen MR) is 182 cm³/mol. The minimum atomic E-state index is -0.676. The van der Waals surface area contributed by atoms with Crippen molar-refractivity contribution in [3.8, 4) is 50.6 Å². The number of halogens is 1. The lowest BCUT2D eigenvalue weighted by Crippen LogP contribution is -2.26. The molecule has 0 radical (unpaired) electrons. The molecule has 246 valence electrons. The monoisotopic (exact) mass is 650 g/mol. The quantitative estimate of drug-likeness (QED) is 0.167. The van der Waals surface area contributed by atoms with Crippen molar-refractivity contribution in [3.05, 3.63) is 107 Å². The fourth-order valence-corrected chi connectivity index (χ4v) is 5.85. The molecule has 48 heavy (non-hydrogen) atoms. The first-order valence-electron chi connectivity index (χ1n) is 15.4. The summed E-state index contributed by atoms with van der Waals surface area (Å²) in [7, 11) is 3.09. The molecule has 4 N–H and O–H groups in total. The Morgan fingerprint density at radius 3 is 2.38 bits per heavy atom. The van der Waals surface area contributed by atoms with Crippen LogP contribution in [-0.4, -0.2) is 48.0 Å². The third kappa shape index (κ3) is 6.86. The maximum Gasteiger partial charge on any atom is 0.261 e. The number of aromatic nitrogens is 2. The van der Waals surface area contributed by atoms with Crippen molar-refractivity contribution in [2.75, 3.05) is 38.5 Å². The normalized spacial score (nSPS) is 13.2. The number of carbonyl (C=O) groups excluding carboxylic acids is 1. The van der Waals surface area contributed by atoms with Crippen molar-refractivity contribution in [3.63, 3.8) is 0 Å². The number of hydrogen-bond acceptors (Lipinski definition) is 8. The van der Waals surface area contributed by atoms with Crippen LogP contribution in [0.3, 0.4) is 0 Å². The van der Waals surface area contributed by atoms with Crippen LogP contribution < -0.4 is 26.0 Å². The Labute approximate surface area is 276 Å². The van der Waals surface area contributed by atoms with Gasteiger partial charge >= 0.3 is 0 Å². The highest BCUT2D eigenvalue weighted by Gasteiger charge is 2.21. The Hall–Kier alpha value is -5.68. The van der Waals surface area contributed by atoms with E-state index in [1.54, 1.807) is 63.0 Å². The van der Waals surface area contributed by atoms with E-state index in [4.69, 9.17) is 19.9 Å². The van der Waals surface area contributed by atoms with E-state index >= 15 is 4.39 Å². The molecule has 1 aliphatic rings. The Morgan fingerprint density at radius 2 is 1.67 bits per heavy atom. The number of nitrogens with two attached hydrogens (primary N) is 1. The molecule has 1 amide bonds. The minimum absolute atomic E-state index is 0.0610. The highest BCUT2D eigenvalue weighted by atomic mass is 19.1. The fourth-order valence-electron chi connectivity index (χ4n) is 5.85. The van der Waals surface area contributed by atoms with Gasteiger partial charge in [-0.2, -0.15) is 0 Å². The maximum atomic E-state index is 15.7. The minimum Gasteiger partial charge on any atom is -0.508 e. The number of aromatic hydroxyl groups is 1. The van der Waals surface area contributed by atoms with E-state index in [1.165, 1.54) is 30.5 Å². The van der Waals surface area contributed by atoms with Crippen LogP contribution in [0.1, 0.15) is 23.2 Å². The number of carbonyl (C=O) groups is 1. The Kier molecular flexibility index (Phi) is 9.40. The van der Waals surface area contributed by atoms with Crippen LogP contribution in [0.4, 0.5) is 15.9 Å². The molecular formula is C37H35FN4O6. The van der Waals surface area contributed by atoms with E-state index in [-0.39, 0.29) is 28.4 Å². The average Bonchev–Trinajstić information content (AvgIpc) is 3.10. The number of methoxy groups -OCH3 is 2. The van der Waals surface area contributed by atoms with Gasteiger partial charge in [0.2, 0.25) is 5.43 Å². The summed E-state index contributed by atoms with van der Waals surface area (Å²) in [5.74, 6) is 0.295. The molecule has 10 nitrogen and oxygen atoms in total. The van der Waals surface area contributed by atoms with E-state index in [0.29, 0.717) is 59.4 Å². The highest BCUT2D eigenvalue weighted by Crippen LogP contribution is 2.36. The summed E-state index contributed by atoms with van der Waals surface area (Å²) in [5, 5.41) is 12.5. The lowest BCUT2D eigenvalue weighted by molar-refractivity contribution is 0.0612. The van der Waals surface area contributed by atoms with Gasteiger partial charge in [-0.3, -0.25) is 9.59 Å². The molecule has 3 aromatic carbocycles. The summed E-state index contributed by atoms with van der Waals surface area (Å²) >= 11 is 0. The van der Waals surface area contributed by atoms with Crippen molar-refractivity contribution < 1.29 is 28.5 Å². The maximum absolute atomic E-state index is 15.7. The molecule has 0 bridgehead atoms. The molecule has 0 spiro atoms. The van der Waals surface area contributed by atoms with E-state index < -0.39 is 17.2 Å². The van der Waals surface area contributed by atoms with Gasteiger partial charge in [0.25, 0.3) is 5.91 Å². The number of phenols is 1. The molecule has 1 aliphatic heterocycles. The SMILES string of the molecule is COc1ccc(-c2cnc(N)c(-c3ccc(NC(=O)c4cn(CC5CCOCC5)cc(-c5ccc(O)cc5)c4=O)cc3F)c2)cc1OC. The number of nitrogen functional groups attached to an aromatic ring is 1. The van der Waals surface area contributed by atoms with Gasteiger partial charge in [0.15, 0.2) is 11.5 Å². The zero-order chi connectivity index (χ0) is 33.8. The van der Waals surface area contributed by atoms with Crippen molar-refractivity contribution in [2.45, 2.75) is 19.4 Å². The van der Waals surface area contributed by atoms with Gasteiger partial charge in [-0.15, -0.1) is 0 Å². The summed E-state index contributed by atoms with van der Waals surface area (Å²) in [6, 6.07) is 17.6. The lowest BCUT2D eigenvalue weighted by atomic mass is 9.99. The molecule has 0 aliphatic carbocycles. The van der Waals surface area contributed by atoms with Crippen LogP contribution >= 0.6 is 0 Å². The van der Waals surface area contributed by atoms with Crippen molar-refractivity contribution in [1.29, 1.82) is 0 Å². The van der Waals surface area contributed by atoms with Gasteiger partial charge < -0.3 is 34.9 Å². The smallest absolute Gasteiger partial charge is 0.261 e. The van der Waals surface area contributed by atoms with Crippen LogP contribution in [0.5, 0.6) is 17.2 Å². The molecule has 1 saturated heterocycles. The molecule has 1 fully saturated rings. The average molecular weight is 651 g/mol. The second-order valence-corrected chi connectivity index (χ2v) is 11.6. The number of nitrogens with one attached hydrogen (secondary N) is 1. The number of phenolic OH excluding ortho intramolecular Hbond substituents is 1. The van der Waals surface area contributed by atoms with Crippen LogP contribution in [0.2, 0.25) is 0 Å². The van der Waals surface area contributed by atoms with Crippen molar-refractivity contribution in [2.24, 2.45) is 5.92 Å². The number of amides is 1.